The predicted octanol–water partition coefficient (Wildman–Crippen LogP) is 3.45. The Morgan fingerprint density at radius 1 is 1.46 bits per heavy atom. The highest BCUT2D eigenvalue weighted by Gasteiger charge is 2.07. The second-order valence-corrected chi connectivity index (χ2v) is 2.83. The summed E-state index contributed by atoms with van der Waals surface area (Å²) in [6.07, 6.45) is 1.58. The maximum absolute atomic E-state index is 10.7. The quantitative estimate of drug-likeness (QED) is 0.535. The lowest BCUT2D eigenvalue weighted by atomic mass is 10.2. The molecule has 0 unspecified atom stereocenters. The molecule has 0 aliphatic rings. The van der Waals surface area contributed by atoms with Crippen LogP contribution in [0.1, 0.15) is 29.8 Å². The first-order valence-corrected chi connectivity index (χ1v) is 4.69. The number of carbonyl (C=O) groups is 1. The van der Waals surface area contributed by atoms with E-state index in [4.69, 9.17) is 23.2 Å². The number of pyridine rings is 1. The van der Waals surface area contributed by atoms with Crippen LogP contribution in [0.3, 0.4) is 0 Å². The van der Waals surface area contributed by atoms with Crippen LogP contribution in [0.5, 0.6) is 0 Å². The molecule has 0 saturated heterocycles. The highest BCUT2D eigenvalue weighted by molar-refractivity contribution is 6.68. The smallest absolute Gasteiger partial charge is 0.255 e. The molecule has 0 aromatic carbocycles. The van der Waals surface area contributed by atoms with Crippen molar-refractivity contribution in [2.45, 2.75) is 20.8 Å². The van der Waals surface area contributed by atoms with Gasteiger partial charge in [-0.2, -0.15) is 0 Å². The summed E-state index contributed by atoms with van der Waals surface area (Å²) in [5.74, 6) is 0. The van der Waals surface area contributed by atoms with Gasteiger partial charge in [0.15, 0.2) is 0 Å². The average Bonchev–Trinajstić information content (AvgIpc) is 2.12. The Labute approximate surface area is 87.9 Å². The second kappa shape index (κ2) is 5.95. The van der Waals surface area contributed by atoms with E-state index in [2.05, 4.69) is 4.98 Å². The van der Waals surface area contributed by atoms with Crippen molar-refractivity contribution in [3.63, 3.8) is 0 Å². The summed E-state index contributed by atoms with van der Waals surface area (Å²) in [6, 6.07) is 1.60. The Balaban J connectivity index is 0.000000671. The van der Waals surface area contributed by atoms with Gasteiger partial charge in [0.25, 0.3) is 5.24 Å². The lowest BCUT2D eigenvalue weighted by Gasteiger charge is -1.97. The highest BCUT2D eigenvalue weighted by atomic mass is 35.5. The molecule has 0 fully saturated rings. The molecule has 0 bridgehead atoms. The van der Waals surface area contributed by atoms with E-state index in [1.54, 1.807) is 12.3 Å². The molecule has 0 aliphatic carbocycles. The summed E-state index contributed by atoms with van der Waals surface area (Å²) in [4.78, 5) is 14.4. The number of aromatic nitrogens is 1. The molecule has 1 heterocycles. The molecular formula is C9H11Cl2NO. The van der Waals surface area contributed by atoms with Crippen LogP contribution in [-0.4, -0.2) is 10.2 Å². The number of halogens is 2. The molecule has 1 aromatic rings. The summed E-state index contributed by atoms with van der Waals surface area (Å²) in [6.45, 7) is 5.81. The molecule has 0 radical (unpaired) electrons. The number of hydrogen-bond acceptors (Lipinski definition) is 2. The average molecular weight is 220 g/mol. The number of hydrogen-bond donors (Lipinski definition) is 0. The Bertz CT molecular complexity index is 300. The lowest BCUT2D eigenvalue weighted by Crippen LogP contribution is -1.93. The van der Waals surface area contributed by atoms with Crippen molar-refractivity contribution in [2.75, 3.05) is 0 Å². The van der Waals surface area contributed by atoms with Crippen molar-refractivity contribution in [2.24, 2.45) is 0 Å². The monoisotopic (exact) mass is 219 g/mol. The molecule has 4 heteroatoms. The van der Waals surface area contributed by atoms with E-state index in [-0.39, 0.29) is 10.7 Å². The van der Waals surface area contributed by atoms with Crippen LogP contribution in [0.2, 0.25) is 5.15 Å². The van der Waals surface area contributed by atoms with Gasteiger partial charge < -0.3 is 0 Å². The summed E-state index contributed by atoms with van der Waals surface area (Å²) in [5.41, 5.74) is 1.12. The van der Waals surface area contributed by atoms with Crippen LogP contribution in [-0.2, 0) is 0 Å². The fourth-order valence-electron chi connectivity index (χ4n) is 0.690. The largest absolute Gasteiger partial charge is 0.275 e. The molecule has 13 heavy (non-hydrogen) atoms. The molecule has 0 N–H and O–H groups in total. The van der Waals surface area contributed by atoms with Crippen LogP contribution in [0.4, 0.5) is 0 Å². The number of rotatable bonds is 1. The summed E-state index contributed by atoms with van der Waals surface area (Å²) < 4.78 is 0. The van der Waals surface area contributed by atoms with Gasteiger partial charge in [-0.3, -0.25) is 4.79 Å². The zero-order valence-corrected chi connectivity index (χ0v) is 9.28. The van der Waals surface area contributed by atoms with Gasteiger partial charge in [0.1, 0.15) is 5.15 Å². The first kappa shape index (κ1) is 12.4. The van der Waals surface area contributed by atoms with E-state index < -0.39 is 5.24 Å². The molecule has 0 saturated carbocycles. The standard InChI is InChI=1S/C7H5Cl2NO.C2H6/c1-4-2-5(7(9)11)6(8)10-3-4;1-2/h2-3H,1H3;1-2H3. The minimum absolute atomic E-state index is 0.149. The maximum atomic E-state index is 10.7. The van der Waals surface area contributed by atoms with Gasteiger partial charge in [-0.15, -0.1) is 0 Å². The normalized spacial score (nSPS) is 8.69. The zero-order chi connectivity index (χ0) is 10.4. The number of nitrogens with zero attached hydrogens (tertiary/aromatic N) is 1. The topological polar surface area (TPSA) is 30.0 Å². The highest BCUT2D eigenvalue weighted by Crippen LogP contribution is 2.15. The van der Waals surface area contributed by atoms with Gasteiger partial charge >= 0.3 is 0 Å². The first-order valence-electron chi connectivity index (χ1n) is 3.93. The SMILES string of the molecule is CC.Cc1cnc(Cl)c(C(=O)Cl)c1. The molecule has 1 aromatic heterocycles. The van der Waals surface area contributed by atoms with Crippen molar-refractivity contribution in [1.82, 2.24) is 4.98 Å². The van der Waals surface area contributed by atoms with E-state index in [1.165, 1.54) is 0 Å². The molecule has 0 aliphatic heterocycles. The van der Waals surface area contributed by atoms with E-state index in [0.717, 1.165) is 5.56 Å². The minimum atomic E-state index is -0.578. The zero-order valence-electron chi connectivity index (χ0n) is 7.77. The van der Waals surface area contributed by atoms with E-state index in [0.29, 0.717) is 0 Å². The third kappa shape index (κ3) is 3.75. The van der Waals surface area contributed by atoms with Crippen molar-refractivity contribution in [1.29, 1.82) is 0 Å². The predicted molar refractivity (Wildman–Crippen MR) is 55.5 cm³/mol. The van der Waals surface area contributed by atoms with E-state index in [1.807, 2.05) is 20.8 Å². The van der Waals surface area contributed by atoms with Crippen LogP contribution < -0.4 is 0 Å². The Morgan fingerprint density at radius 2 is 2.00 bits per heavy atom. The molecule has 0 atom stereocenters. The lowest BCUT2D eigenvalue weighted by molar-refractivity contribution is 0.108. The van der Waals surface area contributed by atoms with E-state index in [9.17, 15) is 4.79 Å². The third-order valence-electron chi connectivity index (χ3n) is 1.19. The fraction of sp³-hybridized carbons (Fsp3) is 0.333. The van der Waals surface area contributed by atoms with Crippen molar-refractivity contribution in [3.8, 4) is 0 Å². The number of aryl methyl sites for hydroxylation is 1. The molecule has 1 rings (SSSR count). The van der Waals surface area contributed by atoms with Gasteiger partial charge in [-0.1, -0.05) is 25.4 Å². The number of carbonyl (C=O) groups excluding carboxylic acids is 1. The summed E-state index contributed by atoms with van der Waals surface area (Å²) >= 11 is 10.8. The molecule has 72 valence electrons. The summed E-state index contributed by atoms with van der Waals surface area (Å²) in [7, 11) is 0. The molecule has 2 nitrogen and oxygen atoms in total. The fourth-order valence-corrected chi connectivity index (χ4v) is 1.07. The van der Waals surface area contributed by atoms with Gasteiger partial charge in [-0.25, -0.2) is 4.98 Å². The molecule has 0 spiro atoms. The second-order valence-electron chi connectivity index (χ2n) is 2.12. The minimum Gasteiger partial charge on any atom is -0.275 e. The van der Waals surface area contributed by atoms with Crippen molar-refractivity contribution in [3.05, 3.63) is 28.5 Å². The van der Waals surface area contributed by atoms with Gasteiger partial charge in [-0.05, 0) is 30.2 Å². The summed E-state index contributed by atoms with van der Waals surface area (Å²) in [5, 5.41) is -0.429. The van der Waals surface area contributed by atoms with Crippen molar-refractivity contribution >= 4 is 28.4 Å². The van der Waals surface area contributed by atoms with Gasteiger partial charge in [0.2, 0.25) is 0 Å². The Hall–Kier alpha value is -0.600. The molecule has 0 amide bonds. The maximum Gasteiger partial charge on any atom is 0.255 e. The Morgan fingerprint density at radius 3 is 2.38 bits per heavy atom. The first-order chi connectivity index (χ1) is 6.11. The van der Waals surface area contributed by atoms with Crippen LogP contribution >= 0.6 is 23.2 Å². The van der Waals surface area contributed by atoms with E-state index >= 15 is 0 Å². The van der Waals surface area contributed by atoms with Crippen LogP contribution in [0, 0.1) is 6.92 Å². The van der Waals surface area contributed by atoms with Gasteiger partial charge in [0.05, 0.1) is 5.56 Å². The third-order valence-corrected chi connectivity index (χ3v) is 1.69. The van der Waals surface area contributed by atoms with Crippen molar-refractivity contribution < 1.29 is 4.79 Å². The molecular weight excluding hydrogens is 209 g/mol. The van der Waals surface area contributed by atoms with Crippen LogP contribution in [0.15, 0.2) is 12.3 Å². The van der Waals surface area contributed by atoms with Crippen LogP contribution in [0.25, 0.3) is 0 Å². The van der Waals surface area contributed by atoms with Gasteiger partial charge in [0, 0.05) is 6.20 Å². The Kier molecular flexibility index (Phi) is 5.67.